The molecule has 0 unspecified atom stereocenters. The first-order valence-corrected chi connectivity index (χ1v) is 10.2. The number of amides is 1. The van der Waals surface area contributed by atoms with E-state index in [-0.39, 0.29) is 5.56 Å². The van der Waals surface area contributed by atoms with E-state index in [1.165, 1.54) is 10.8 Å². The number of para-hydroxylation sites is 1. The Hall–Kier alpha value is -3.22. The van der Waals surface area contributed by atoms with E-state index >= 15 is 0 Å². The number of rotatable bonds is 4. The highest BCUT2D eigenvalue weighted by Crippen LogP contribution is 2.21. The Bertz CT molecular complexity index is 1330. The van der Waals surface area contributed by atoms with Crippen LogP contribution in [0.2, 0.25) is 5.02 Å². The van der Waals surface area contributed by atoms with Gasteiger partial charge in [-0.3, -0.25) is 15.0 Å². The Balaban J connectivity index is 1.75. The van der Waals surface area contributed by atoms with Crippen molar-refractivity contribution < 1.29 is 4.79 Å². The van der Waals surface area contributed by atoms with E-state index in [4.69, 9.17) is 11.6 Å². The van der Waals surface area contributed by atoms with E-state index in [2.05, 4.69) is 26.3 Å². The van der Waals surface area contributed by atoms with Crippen molar-refractivity contribution in [2.75, 3.05) is 5.43 Å². The van der Waals surface area contributed by atoms with Crippen LogP contribution in [0.25, 0.3) is 28.4 Å². The molecule has 0 saturated heterocycles. The van der Waals surface area contributed by atoms with Crippen molar-refractivity contribution in [3.05, 3.63) is 104 Å². The third-order valence-corrected chi connectivity index (χ3v) is 5.14. The lowest BCUT2D eigenvalue weighted by molar-refractivity contribution is -0.112. The van der Waals surface area contributed by atoms with Gasteiger partial charge in [-0.1, -0.05) is 63.9 Å². The van der Waals surface area contributed by atoms with Crippen LogP contribution in [0, 0.1) is 0 Å². The van der Waals surface area contributed by atoms with Crippen molar-refractivity contribution in [3.8, 4) is 11.4 Å². The average Bonchev–Trinajstić information content (AvgIpc) is 2.75. The quantitative estimate of drug-likeness (QED) is 0.405. The molecule has 0 spiro atoms. The normalized spacial score (nSPS) is 11.1. The summed E-state index contributed by atoms with van der Waals surface area (Å²) < 4.78 is 2.07. The highest BCUT2D eigenvalue weighted by atomic mass is 79.9. The van der Waals surface area contributed by atoms with Crippen LogP contribution in [-0.2, 0) is 4.79 Å². The molecule has 4 aromatic rings. The summed E-state index contributed by atoms with van der Waals surface area (Å²) in [6.07, 6.45) is 2.97. The third kappa shape index (κ3) is 4.35. The number of aromatic nitrogens is 2. The number of hydrogen-bond donors (Lipinski definition) is 1. The molecule has 0 atom stereocenters. The molecule has 5 nitrogen and oxygen atoms in total. The lowest BCUT2D eigenvalue weighted by atomic mass is 10.2. The zero-order chi connectivity index (χ0) is 21.1. The number of fused-ring (bicyclic) bond motifs is 1. The second kappa shape index (κ2) is 8.65. The van der Waals surface area contributed by atoms with Crippen molar-refractivity contribution in [3.63, 3.8) is 0 Å². The standard InChI is InChI=1S/C23H15BrClN3O2/c24-17-11-9-16(10-12-17)22-26-20-7-2-1-6-19(20)23(30)28(22)27-21(29)13-8-15-4-3-5-18(25)14-15/h1-14H,(H,27,29). The third-order valence-electron chi connectivity index (χ3n) is 4.38. The molecule has 0 aliphatic heterocycles. The summed E-state index contributed by atoms with van der Waals surface area (Å²) in [5, 5.41) is 0.988. The summed E-state index contributed by atoms with van der Waals surface area (Å²) in [4.78, 5) is 30.3. The maximum Gasteiger partial charge on any atom is 0.280 e. The predicted molar refractivity (Wildman–Crippen MR) is 124 cm³/mol. The Labute approximate surface area is 185 Å². The van der Waals surface area contributed by atoms with Crippen LogP contribution in [-0.4, -0.2) is 15.6 Å². The molecule has 0 fully saturated rings. The van der Waals surface area contributed by atoms with Gasteiger partial charge in [-0.25, -0.2) is 4.98 Å². The monoisotopic (exact) mass is 479 g/mol. The first kappa shape index (κ1) is 20.1. The van der Waals surface area contributed by atoms with Crippen LogP contribution in [0.15, 0.2) is 88.1 Å². The number of nitrogens with one attached hydrogen (secondary N) is 1. The average molecular weight is 481 g/mol. The van der Waals surface area contributed by atoms with Crippen molar-refractivity contribution in [2.24, 2.45) is 0 Å². The van der Waals surface area contributed by atoms with Gasteiger partial charge in [0.15, 0.2) is 5.82 Å². The SMILES string of the molecule is O=C(C=Cc1cccc(Cl)c1)Nn1c(-c2ccc(Br)cc2)nc2ccccc2c1=O. The molecule has 0 aliphatic carbocycles. The molecule has 4 rings (SSSR count). The zero-order valence-electron chi connectivity index (χ0n) is 15.5. The molecular weight excluding hydrogens is 466 g/mol. The minimum absolute atomic E-state index is 0.343. The van der Waals surface area contributed by atoms with Gasteiger partial charge in [-0.2, -0.15) is 4.68 Å². The Morgan fingerprint density at radius 1 is 1.03 bits per heavy atom. The molecule has 3 aromatic carbocycles. The van der Waals surface area contributed by atoms with Gasteiger partial charge in [0, 0.05) is 21.1 Å². The molecule has 148 valence electrons. The molecular formula is C23H15BrClN3O2. The Kier molecular flexibility index (Phi) is 5.79. The van der Waals surface area contributed by atoms with Gasteiger partial charge in [0.05, 0.1) is 10.9 Å². The van der Waals surface area contributed by atoms with E-state index in [9.17, 15) is 9.59 Å². The van der Waals surface area contributed by atoms with Crippen LogP contribution >= 0.6 is 27.5 Å². The van der Waals surface area contributed by atoms with Gasteiger partial charge in [0.25, 0.3) is 11.5 Å². The predicted octanol–water partition coefficient (Wildman–Crippen LogP) is 5.26. The molecule has 1 heterocycles. The van der Waals surface area contributed by atoms with Gasteiger partial charge in [-0.15, -0.1) is 0 Å². The van der Waals surface area contributed by atoms with Gasteiger partial charge in [-0.05, 0) is 48.0 Å². The largest absolute Gasteiger partial charge is 0.280 e. The lowest BCUT2D eigenvalue weighted by Gasteiger charge is -2.13. The Morgan fingerprint density at radius 2 is 1.80 bits per heavy atom. The van der Waals surface area contributed by atoms with Crippen molar-refractivity contribution in [2.45, 2.75) is 0 Å². The molecule has 0 bridgehead atoms. The number of nitrogens with zero attached hydrogens (tertiary/aromatic N) is 2. The van der Waals surface area contributed by atoms with Crippen molar-refractivity contribution in [1.29, 1.82) is 0 Å². The number of halogens is 2. The maximum absolute atomic E-state index is 13.1. The highest BCUT2D eigenvalue weighted by Gasteiger charge is 2.14. The maximum atomic E-state index is 13.1. The van der Waals surface area contributed by atoms with Crippen molar-refractivity contribution in [1.82, 2.24) is 9.66 Å². The van der Waals surface area contributed by atoms with E-state index in [0.29, 0.717) is 27.3 Å². The van der Waals surface area contributed by atoms with E-state index in [0.717, 1.165) is 10.0 Å². The minimum Gasteiger partial charge on any atom is -0.268 e. The second-order valence-corrected chi connectivity index (χ2v) is 7.82. The molecule has 1 aromatic heterocycles. The first-order valence-electron chi connectivity index (χ1n) is 9.04. The smallest absolute Gasteiger partial charge is 0.268 e. The second-order valence-electron chi connectivity index (χ2n) is 6.46. The van der Waals surface area contributed by atoms with Crippen LogP contribution in [0.1, 0.15) is 5.56 Å². The minimum atomic E-state index is -0.465. The topological polar surface area (TPSA) is 64.0 Å². The van der Waals surface area contributed by atoms with Crippen molar-refractivity contribution >= 4 is 50.4 Å². The van der Waals surface area contributed by atoms with Gasteiger partial charge in [0.2, 0.25) is 0 Å². The van der Waals surface area contributed by atoms with Crippen LogP contribution in [0.5, 0.6) is 0 Å². The van der Waals surface area contributed by atoms with Gasteiger partial charge >= 0.3 is 0 Å². The first-order chi connectivity index (χ1) is 14.5. The number of carbonyl (C=O) groups is 1. The van der Waals surface area contributed by atoms with Gasteiger partial charge < -0.3 is 0 Å². The molecule has 0 saturated carbocycles. The fourth-order valence-corrected chi connectivity index (χ4v) is 3.42. The van der Waals surface area contributed by atoms with Crippen LogP contribution in [0.3, 0.4) is 0 Å². The lowest BCUT2D eigenvalue weighted by Crippen LogP contribution is -2.34. The highest BCUT2D eigenvalue weighted by molar-refractivity contribution is 9.10. The summed E-state index contributed by atoms with van der Waals surface area (Å²) in [6, 6.07) is 21.5. The summed E-state index contributed by atoms with van der Waals surface area (Å²) in [7, 11) is 0. The van der Waals surface area contributed by atoms with Gasteiger partial charge in [0.1, 0.15) is 0 Å². The summed E-state index contributed by atoms with van der Waals surface area (Å²) >= 11 is 9.38. The molecule has 0 aliphatic rings. The number of hydrogen-bond acceptors (Lipinski definition) is 3. The molecule has 1 amide bonds. The summed E-state index contributed by atoms with van der Waals surface area (Å²) in [5.41, 5.74) is 4.31. The summed E-state index contributed by atoms with van der Waals surface area (Å²) in [5.74, 6) is -0.122. The fraction of sp³-hybridized carbons (Fsp3) is 0. The number of carbonyl (C=O) groups excluding carboxylic acids is 1. The molecule has 0 radical (unpaired) electrons. The molecule has 7 heteroatoms. The van der Waals surface area contributed by atoms with E-state index in [1.54, 1.807) is 42.5 Å². The molecule has 30 heavy (non-hydrogen) atoms. The van der Waals surface area contributed by atoms with Crippen LogP contribution < -0.4 is 11.0 Å². The van der Waals surface area contributed by atoms with E-state index < -0.39 is 5.91 Å². The number of benzene rings is 3. The zero-order valence-corrected chi connectivity index (χ0v) is 17.9. The molecule has 1 N–H and O–H groups in total. The van der Waals surface area contributed by atoms with E-state index in [1.807, 2.05) is 36.4 Å². The summed E-state index contributed by atoms with van der Waals surface area (Å²) in [6.45, 7) is 0. The fourth-order valence-electron chi connectivity index (χ4n) is 2.96. The Morgan fingerprint density at radius 3 is 2.57 bits per heavy atom. The van der Waals surface area contributed by atoms with Crippen LogP contribution in [0.4, 0.5) is 0 Å².